The number of benzene rings is 1. The normalized spacial score (nSPS) is 27.6. The Morgan fingerprint density at radius 3 is 2.90 bits per heavy atom. The first-order valence-corrected chi connectivity index (χ1v) is 7.67. The summed E-state index contributed by atoms with van der Waals surface area (Å²) < 4.78 is 5.45. The van der Waals surface area contributed by atoms with Gasteiger partial charge in [0.15, 0.2) is 0 Å². The van der Waals surface area contributed by atoms with Gasteiger partial charge in [-0.05, 0) is 32.4 Å². The van der Waals surface area contributed by atoms with E-state index < -0.39 is 0 Å². The summed E-state index contributed by atoms with van der Waals surface area (Å²) in [4.78, 5) is 2.49. The number of ether oxygens (including phenoxy) is 1. The van der Waals surface area contributed by atoms with Crippen LogP contribution in [0.4, 0.5) is 0 Å². The van der Waals surface area contributed by atoms with Gasteiger partial charge in [0, 0.05) is 41.8 Å². The Kier molecular flexibility index (Phi) is 4.95. The van der Waals surface area contributed by atoms with Crippen LogP contribution in [0.3, 0.4) is 0 Å². The Hall–Kier alpha value is -0.770. The highest BCUT2D eigenvalue weighted by molar-refractivity contribution is 6.31. The monoisotopic (exact) mass is 296 g/mol. The van der Waals surface area contributed by atoms with Gasteiger partial charge in [0.1, 0.15) is 5.75 Å². The van der Waals surface area contributed by atoms with Gasteiger partial charge in [0.2, 0.25) is 0 Å². The highest BCUT2D eigenvalue weighted by Gasteiger charge is 2.33. The van der Waals surface area contributed by atoms with E-state index in [0.29, 0.717) is 6.04 Å². The molecule has 1 saturated heterocycles. The minimum Gasteiger partial charge on any atom is -0.496 e. The smallest absolute Gasteiger partial charge is 0.124 e. The van der Waals surface area contributed by atoms with Crippen LogP contribution in [0.5, 0.6) is 5.75 Å². The number of piperazine rings is 1. The van der Waals surface area contributed by atoms with Crippen LogP contribution in [0, 0.1) is 0 Å². The Morgan fingerprint density at radius 1 is 1.50 bits per heavy atom. The van der Waals surface area contributed by atoms with Crippen LogP contribution in [-0.2, 0) is 6.54 Å². The highest BCUT2D eigenvalue weighted by atomic mass is 35.5. The first kappa shape index (κ1) is 15.6. The molecule has 1 aliphatic rings. The molecular weight excluding hydrogens is 272 g/mol. The zero-order valence-corrected chi connectivity index (χ0v) is 13.6. The van der Waals surface area contributed by atoms with Crippen LogP contribution in [0.2, 0.25) is 5.02 Å². The van der Waals surface area contributed by atoms with Crippen LogP contribution >= 0.6 is 11.6 Å². The lowest BCUT2D eigenvalue weighted by Crippen LogP contribution is -2.61. The SMILES string of the molecule is CCC1(C)CN(Cc2c(Cl)cccc2OC)C(C)CN1. The zero-order chi connectivity index (χ0) is 14.8. The molecule has 1 N–H and O–H groups in total. The maximum Gasteiger partial charge on any atom is 0.124 e. The Labute approximate surface area is 127 Å². The molecule has 112 valence electrons. The molecule has 0 saturated carbocycles. The maximum atomic E-state index is 6.36. The van der Waals surface area contributed by atoms with E-state index in [1.807, 2.05) is 18.2 Å². The lowest BCUT2D eigenvalue weighted by Gasteiger charge is -2.45. The molecule has 2 rings (SSSR count). The van der Waals surface area contributed by atoms with E-state index in [0.717, 1.165) is 42.4 Å². The van der Waals surface area contributed by atoms with Crippen molar-refractivity contribution < 1.29 is 4.74 Å². The summed E-state index contributed by atoms with van der Waals surface area (Å²) in [6.07, 6.45) is 1.12. The molecule has 20 heavy (non-hydrogen) atoms. The predicted octanol–water partition coefficient (Wildman–Crippen LogP) is 3.31. The second-order valence-electron chi connectivity index (χ2n) is 5.97. The molecule has 2 atom stereocenters. The summed E-state index contributed by atoms with van der Waals surface area (Å²) in [5, 5.41) is 4.43. The van der Waals surface area contributed by atoms with Crippen LogP contribution in [0.25, 0.3) is 0 Å². The van der Waals surface area contributed by atoms with Crippen LogP contribution < -0.4 is 10.1 Å². The van der Waals surface area contributed by atoms with Crippen molar-refractivity contribution in [1.82, 2.24) is 10.2 Å². The summed E-state index contributed by atoms with van der Waals surface area (Å²) in [5.41, 5.74) is 1.27. The van der Waals surface area contributed by atoms with E-state index in [4.69, 9.17) is 16.3 Å². The van der Waals surface area contributed by atoms with Crippen molar-refractivity contribution in [1.29, 1.82) is 0 Å². The first-order chi connectivity index (χ1) is 9.49. The van der Waals surface area contributed by atoms with Crippen molar-refractivity contribution in [2.75, 3.05) is 20.2 Å². The predicted molar refractivity (Wildman–Crippen MR) is 84.6 cm³/mol. The molecule has 1 heterocycles. The van der Waals surface area contributed by atoms with Gasteiger partial charge in [-0.1, -0.05) is 24.6 Å². The molecule has 2 unspecified atom stereocenters. The van der Waals surface area contributed by atoms with E-state index in [-0.39, 0.29) is 5.54 Å². The molecule has 1 aliphatic heterocycles. The summed E-state index contributed by atoms with van der Waals surface area (Å²) in [6, 6.07) is 6.34. The van der Waals surface area contributed by atoms with Crippen LogP contribution in [-0.4, -0.2) is 36.7 Å². The minimum atomic E-state index is 0.182. The third-order valence-corrected chi connectivity index (χ3v) is 4.79. The van der Waals surface area contributed by atoms with Gasteiger partial charge in [-0.15, -0.1) is 0 Å². The van der Waals surface area contributed by atoms with Gasteiger partial charge in [0.05, 0.1) is 7.11 Å². The fourth-order valence-corrected chi connectivity index (χ4v) is 2.94. The quantitative estimate of drug-likeness (QED) is 0.922. The average molecular weight is 297 g/mol. The minimum absolute atomic E-state index is 0.182. The lowest BCUT2D eigenvalue weighted by atomic mass is 9.93. The van der Waals surface area contributed by atoms with Gasteiger partial charge in [-0.2, -0.15) is 0 Å². The summed E-state index contributed by atoms with van der Waals surface area (Å²) in [6.45, 7) is 9.65. The van der Waals surface area contributed by atoms with Crippen molar-refractivity contribution in [3.63, 3.8) is 0 Å². The number of nitrogens with zero attached hydrogens (tertiary/aromatic N) is 1. The second kappa shape index (κ2) is 6.33. The van der Waals surface area contributed by atoms with Gasteiger partial charge in [-0.3, -0.25) is 4.90 Å². The van der Waals surface area contributed by atoms with Gasteiger partial charge < -0.3 is 10.1 Å². The summed E-state index contributed by atoms with van der Waals surface area (Å²) in [5.74, 6) is 0.876. The lowest BCUT2D eigenvalue weighted by molar-refractivity contribution is 0.0859. The number of hydrogen-bond acceptors (Lipinski definition) is 3. The summed E-state index contributed by atoms with van der Waals surface area (Å²) in [7, 11) is 1.70. The van der Waals surface area contributed by atoms with Crippen LogP contribution in [0.1, 0.15) is 32.8 Å². The number of halogens is 1. The van der Waals surface area contributed by atoms with E-state index in [1.165, 1.54) is 0 Å². The van der Waals surface area contributed by atoms with Crippen molar-refractivity contribution in [3.05, 3.63) is 28.8 Å². The largest absolute Gasteiger partial charge is 0.496 e. The van der Waals surface area contributed by atoms with Crippen molar-refractivity contribution in [2.45, 2.75) is 45.3 Å². The fraction of sp³-hybridized carbons (Fsp3) is 0.625. The van der Waals surface area contributed by atoms with Gasteiger partial charge in [-0.25, -0.2) is 0 Å². The molecular formula is C16H25ClN2O. The highest BCUT2D eigenvalue weighted by Crippen LogP contribution is 2.30. The average Bonchev–Trinajstić information content (AvgIpc) is 2.45. The van der Waals surface area contributed by atoms with Crippen molar-refractivity contribution in [2.24, 2.45) is 0 Å². The van der Waals surface area contributed by atoms with E-state index >= 15 is 0 Å². The maximum absolute atomic E-state index is 6.36. The Morgan fingerprint density at radius 2 is 2.25 bits per heavy atom. The molecule has 3 nitrogen and oxygen atoms in total. The number of nitrogens with one attached hydrogen (secondary N) is 1. The van der Waals surface area contributed by atoms with E-state index in [9.17, 15) is 0 Å². The number of hydrogen-bond donors (Lipinski definition) is 1. The second-order valence-corrected chi connectivity index (χ2v) is 6.38. The van der Waals surface area contributed by atoms with Crippen molar-refractivity contribution in [3.8, 4) is 5.75 Å². The third kappa shape index (κ3) is 3.27. The van der Waals surface area contributed by atoms with E-state index in [2.05, 4.69) is 31.0 Å². The number of methoxy groups -OCH3 is 1. The molecule has 0 spiro atoms. The topological polar surface area (TPSA) is 24.5 Å². The zero-order valence-electron chi connectivity index (χ0n) is 12.9. The molecule has 1 aromatic carbocycles. The molecule has 1 aromatic rings. The molecule has 0 aliphatic carbocycles. The third-order valence-electron chi connectivity index (χ3n) is 4.44. The van der Waals surface area contributed by atoms with Gasteiger partial charge in [0.25, 0.3) is 0 Å². The van der Waals surface area contributed by atoms with Crippen LogP contribution in [0.15, 0.2) is 18.2 Å². The number of rotatable bonds is 4. The fourth-order valence-electron chi connectivity index (χ4n) is 2.72. The Bertz CT molecular complexity index is 466. The molecule has 4 heteroatoms. The van der Waals surface area contributed by atoms with Crippen molar-refractivity contribution >= 4 is 11.6 Å². The van der Waals surface area contributed by atoms with Gasteiger partial charge >= 0.3 is 0 Å². The molecule has 0 bridgehead atoms. The Balaban J connectivity index is 2.20. The molecule has 1 fully saturated rings. The molecule has 0 aromatic heterocycles. The molecule has 0 amide bonds. The standard InChI is InChI=1S/C16H25ClN2O/c1-5-16(3)11-19(12(2)9-18-16)10-13-14(17)7-6-8-15(13)20-4/h6-8,12,18H,5,9-11H2,1-4H3. The summed E-state index contributed by atoms with van der Waals surface area (Å²) >= 11 is 6.36. The van der Waals surface area contributed by atoms with E-state index in [1.54, 1.807) is 7.11 Å². The first-order valence-electron chi connectivity index (χ1n) is 7.29. The molecule has 0 radical (unpaired) electrons.